The second-order valence-corrected chi connectivity index (χ2v) is 10.7. The van der Waals surface area contributed by atoms with Crippen LogP contribution >= 0.6 is 11.8 Å². The summed E-state index contributed by atoms with van der Waals surface area (Å²) in [6.45, 7) is 4.22. The number of aromatic nitrogens is 1. The van der Waals surface area contributed by atoms with Gasteiger partial charge in [-0.1, -0.05) is 37.7 Å². The van der Waals surface area contributed by atoms with Gasteiger partial charge in [0.15, 0.2) is 5.58 Å². The first-order valence-corrected chi connectivity index (χ1v) is 13.3. The van der Waals surface area contributed by atoms with E-state index in [1.165, 1.54) is 24.8 Å². The summed E-state index contributed by atoms with van der Waals surface area (Å²) >= 11 is 1.13. The van der Waals surface area contributed by atoms with Crippen molar-refractivity contribution >= 4 is 50.2 Å². The van der Waals surface area contributed by atoms with Crippen molar-refractivity contribution in [1.82, 2.24) is 4.98 Å². The lowest BCUT2D eigenvalue weighted by Crippen LogP contribution is -2.14. The maximum absolute atomic E-state index is 12.8. The lowest BCUT2D eigenvalue weighted by molar-refractivity contribution is -0.113. The van der Waals surface area contributed by atoms with E-state index in [4.69, 9.17) is 9.15 Å². The lowest BCUT2D eigenvalue weighted by atomic mass is 10.0. The SMILES string of the molecule is COc1ccc(NS(=O)(=O)c2ccc3oc(SCC(=O)Nc4ccc(C(C)C)cc4)nc3c2)cc1. The molecule has 0 bridgehead atoms. The molecular formula is C25H25N3O5S2. The van der Waals surface area contributed by atoms with Gasteiger partial charge >= 0.3 is 0 Å². The number of oxazole rings is 1. The van der Waals surface area contributed by atoms with Crippen molar-refractivity contribution in [1.29, 1.82) is 0 Å². The Balaban J connectivity index is 1.40. The van der Waals surface area contributed by atoms with Crippen LogP contribution in [0, 0.1) is 0 Å². The molecule has 4 rings (SSSR count). The summed E-state index contributed by atoms with van der Waals surface area (Å²) in [6.07, 6.45) is 0. The monoisotopic (exact) mass is 511 g/mol. The predicted octanol–water partition coefficient (Wildman–Crippen LogP) is 5.49. The molecule has 0 fully saturated rings. The van der Waals surface area contributed by atoms with Crippen molar-refractivity contribution in [2.75, 3.05) is 22.9 Å². The molecule has 2 N–H and O–H groups in total. The number of fused-ring (bicyclic) bond motifs is 1. The molecule has 0 aliphatic carbocycles. The molecule has 8 nitrogen and oxygen atoms in total. The van der Waals surface area contributed by atoms with Crippen LogP contribution in [-0.2, 0) is 14.8 Å². The Kier molecular flexibility index (Phi) is 7.32. The highest BCUT2D eigenvalue weighted by Gasteiger charge is 2.17. The summed E-state index contributed by atoms with van der Waals surface area (Å²) in [6, 6.07) is 18.7. The Bertz CT molecular complexity index is 1430. The van der Waals surface area contributed by atoms with Crippen LogP contribution < -0.4 is 14.8 Å². The highest BCUT2D eigenvalue weighted by atomic mass is 32.2. The van der Waals surface area contributed by atoms with Crippen molar-refractivity contribution in [3.05, 3.63) is 72.3 Å². The molecule has 0 unspecified atom stereocenters. The van der Waals surface area contributed by atoms with Crippen LogP contribution in [0.4, 0.5) is 11.4 Å². The van der Waals surface area contributed by atoms with Crippen molar-refractivity contribution in [2.45, 2.75) is 29.9 Å². The quantitative estimate of drug-likeness (QED) is 0.286. The number of thioether (sulfide) groups is 1. The largest absolute Gasteiger partial charge is 0.497 e. The van der Waals surface area contributed by atoms with Gasteiger partial charge in [0.25, 0.3) is 15.2 Å². The molecule has 0 aliphatic heterocycles. The normalized spacial score (nSPS) is 11.5. The zero-order valence-electron chi connectivity index (χ0n) is 19.4. The van der Waals surface area contributed by atoms with Gasteiger partial charge in [-0.3, -0.25) is 9.52 Å². The van der Waals surface area contributed by atoms with Gasteiger partial charge in [-0.05, 0) is 66.1 Å². The minimum atomic E-state index is -3.83. The van der Waals surface area contributed by atoms with Crippen molar-refractivity contribution in [2.24, 2.45) is 0 Å². The van der Waals surface area contributed by atoms with Gasteiger partial charge in [0.2, 0.25) is 5.91 Å². The van der Waals surface area contributed by atoms with E-state index >= 15 is 0 Å². The first kappa shape index (κ1) is 24.6. The smallest absolute Gasteiger partial charge is 0.261 e. The van der Waals surface area contributed by atoms with Crippen LogP contribution in [0.25, 0.3) is 11.1 Å². The lowest BCUT2D eigenvalue weighted by Gasteiger charge is -2.08. The Morgan fingerprint density at radius 3 is 2.37 bits per heavy atom. The van der Waals surface area contributed by atoms with Crippen molar-refractivity contribution in [3.8, 4) is 5.75 Å². The number of nitrogens with one attached hydrogen (secondary N) is 2. The van der Waals surface area contributed by atoms with E-state index in [2.05, 4.69) is 28.9 Å². The molecule has 10 heteroatoms. The molecular weight excluding hydrogens is 486 g/mol. The van der Waals surface area contributed by atoms with Crippen LogP contribution in [-0.4, -0.2) is 32.2 Å². The summed E-state index contributed by atoms with van der Waals surface area (Å²) in [4.78, 5) is 16.7. The van der Waals surface area contributed by atoms with E-state index in [1.807, 2.05) is 24.3 Å². The molecule has 0 saturated heterocycles. The molecule has 3 aromatic carbocycles. The summed E-state index contributed by atoms with van der Waals surface area (Å²) < 4.78 is 38.9. The Labute approximate surface area is 208 Å². The molecule has 4 aromatic rings. The molecule has 1 amide bonds. The van der Waals surface area contributed by atoms with Crippen LogP contribution in [0.3, 0.4) is 0 Å². The van der Waals surface area contributed by atoms with Gasteiger partial charge in [-0.15, -0.1) is 0 Å². The van der Waals surface area contributed by atoms with Crippen LogP contribution in [0.5, 0.6) is 5.75 Å². The van der Waals surface area contributed by atoms with E-state index in [0.29, 0.717) is 28.5 Å². The Morgan fingerprint density at radius 1 is 1.03 bits per heavy atom. The average Bonchev–Trinajstić information content (AvgIpc) is 3.26. The number of carbonyl (C=O) groups excluding carboxylic acids is 1. The number of benzene rings is 3. The van der Waals surface area contributed by atoms with Gasteiger partial charge in [-0.2, -0.15) is 0 Å². The second-order valence-electron chi connectivity index (χ2n) is 8.06. The molecule has 35 heavy (non-hydrogen) atoms. The minimum Gasteiger partial charge on any atom is -0.497 e. The molecule has 0 atom stereocenters. The number of ether oxygens (including phenoxy) is 1. The average molecular weight is 512 g/mol. The fraction of sp³-hybridized carbons (Fsp3) is 0.200. The first-order valence-electron chi connectivity index (χ1n) is 10.8. The third kappa shape index (κ3) is 6.14. The fourth-order valence-electron chi connectivity index (χ4n) is 3.26. The Morgan fingerprint density at radius 2 is 1.71 bits per heavy atom. The van der Waals surface area contributed by atoms with Crippen molar-refractivity contribution in [3.63, 3.8) is 0 Å². The maximum Gasteiger partial charge on any atom is 0.261 e. The highest BCUT2D eigenvalue weighted by Crippen LogP contribution is 2.27. The Hall–Kier alpha value is -3.50. The molecule has 1 heterocycles. The number of sulfonamides is 1. The second kappa shape index (κ2) is 10.4. The summed E-state index contributed by atoms with van der Waals surface area (Å²) in [5, 5.41) is 3.13. The zero-order chi connectivity index (χ0) is 25.0. The number of rotatable bonds is 9. The number of amides is 1. The summed E-state index contributed by atoms with van der Waals surface area (Å²) in [7, 11) is -2.29. The van der Waals surface area contributed by atoms with Gasteiger partial charge in [0, 0.05) is 11.4 Å². The molecule has 0 saturated carbocycles. The van der Waals surface area contributed by atoms with Crippen LogP contribution in [0.2, 0.25) is 0 Å². The third-order valence-electron chi connectivity index (χ3n) is 5.18. The first-order chi connectivity index (χ1) is 16.7. The summed E-state index contributed by atoms with van der Waals surface area (Å²) in [5.41, 5.74) is 3.14. The van der Waals surface area contributed by atoms with E-state index in [-0.39, 0.29) is 21.8 Å². The number of nitrogens with zero attached hydrogens (tertiary/aromatic N) is 1. The van der Waals surface area contributed by atoms with Crippen LogP contribution in [0.1, 0.15) is 25.3 Å². The van der Waals surface area contributed by atoms with E-state index in [0.717, 1.165) is 17.4 Å². The molecule has 0 radical (unpaired) electrons. The number of methoxy groups -OCH3 is 1. The molecule has 0 spiro atoms. The molecule has 182 valence electrons. The van der Waals surface area contributed by atoms with Gasteiger partial charge in [0.05, 0.1) is 17.8 Å². The fourth-order valence-corrected chi connectivity index (χ4v) is 4.98. The molecule has 0 aliphatic rings. The highest BCUT2D eigenvalue weighted by molar-refractivity contribution is 7.99. The van der Waals surface area contributed by atoms with Crippen LogP contribution in [0.15, 0.2) is 81.3 Å². The third-order valence-corrected chi connectivity index (χ3v) is 7.39. The number of anilines is 2. The molecule has 1 aromatic heterocycles. The maximum atomic E-state index is 12.8. The standard InChI is InChI=1S/C25H25N3O5S2/c1-16(2)17-4-6-18(7-5-17)26-24(29)15-34-25-27-22-14-21(12-13-23(22)33-25)35(30,31)28-19-8-10-20(32-3)11-9-19/h4-14,16,28H,15H2,1-3H3,(H,26,29). The minimum absolute atomic E-state index is 0.0493. The number of hydrogen-bond donors (Lipinski definition) is 2. The van der Waals surface area contributed by atoms with Gasteiger partial charge in [-0.25, -0.2) is 13.4 Å². The topological polar surface area (TPSA) is 111 Å². The van der Waals surface area contributed by atoms with Crippen molar-refractivity contribution < 1.29 is 22.4 Å². The number of carbonyl (C=O) groups is 1. The zero-order valence-corrected chi connectivity index (χ0v) is 21.1. The summed E-state index contributed by atoms with van der Waals surface area (Å²) in [5.74, 6) is 0.951. The van der Waals surface area contributed by atoms with E-state index < -0.39 is 10.0 Å². The van der Waals surface area contributed by atoms with E-state index in [1.54, 1.807) is 30.3 Å². The van der Waals surface area contributed by atoms with Gasteiger partial charge in [0.1, 0.15) is 11.3 Å². The van der Waals surface area contributed by atoms with Gasteiger partial charge < -0.3 is 14.5 Å². The predicted molar refractivity (Wildman–Crippen MR) is 138 cm³/mol. The van der Waals surface area contributed by atoms with E-state index in [9.17, 15) is 13.2 Å². The number of hydrogen-bond acceptors (Lipinski definition) is 7.